The van der Waals surface area contributed by atoms with Crippen LogP contribution in [0.4, 0.5) is 18.0 Å². The van der Waals surface area contributed by atoms with Crippen LogP contribution in [0.1, 0.15) is 64.3 Å². The Morgan fingerprint density at radius 2 is 1.03 bits per heavy atom. The molecule has 342 valence electrons. The maximum absolute atomic E-state index is 14.6. The van der Waals surface area contributed by atoms with Gasteiger partial charge in [0.2, 0.25) is 0 Å². The van der Waals surface area contributed by atoms with Crippen molar-refractivity contribution in [1.29, 1.82) is 0 Å². The predicted octanol–water partition coefficient (Wildman–Crippen LogP) is 13.6. The van der Waals surface area contributed by atoms with Crippen molar-refractivity contribution in [2.75, 3.05) is 13.2 Å². The fraction of sp³-hybridized carbons (Fsp3) is 0.153. The molecule has 0 bridgehead atoms. The number of carbonyl (C=O) groups is 2. The number of ether oxygens (including phenoxy) is 3. The second kappa shape index (κ2) is 20.8. The number of hydrogen-bond donors (Lipinski definition) is 1. The molecule has 0 aliphatic heterocycles. The SMILES string of the molecule is CC(C)(OC(=O)[C@H](COC(c1ccccc1)(c1ccccc1)c1ccc(C2=C/C=C\C=C/C=C\C=C/C=C\2)cc1)NC(=O)OCC1c2ccccc2-c2ccccc21)c1ccc(C(F)(F)F)cc1. The third-order valence-electron chi connectivity index (χ3n) is 12.1. The number of nitrogens with one attached hydrogen (secondary N) is 1. The maximum atomic E-state index is 14.6. The van der Waals surface area contributed by atoms with Crippen LogP contribution < -0.4 is 5.32 Å². The minimum atomic E-state index is -4.55. The highest BCUT2D eigenvalue weighted by Gasteiger charge is 2.41. The largest absolute Gasteiger partial charge is 0.453 e. The van der Waals surface area contributed by atoms with Crippen molar-refractivity contribution in [3.05, 3.63) is 269 Å². The standard InChI is InChI=1S/C59H50F3NO5/c1-57(2,44-36-38-48(39-37-44)59(60,61)62)68-55(64)54(63-56(65)66-40-53-51-30-20-18-28-49(51)50-29-19-21-31-52(50)53)41-67-58(45-24-14-10-15-25-45,46-26-16-11-17-27-46)47-34-32-43(33-35-47)42-22-12-8-6-4-3-5-7-9-13-23-42/h3-39,53-54H,40-41H2,1-2H3,(H,63,65)/b4-3-,5-3?,6-4?,7-5-,8-6-,9-7?,12-8?,13-9-,22-12-,23-13?,42-22?,42-23+/t54-/m0/s1. The summed E-state index contributed by atoms with van der Waals surface area (Å²) in [6, 6.07) is 46.1. The van der Waals surface area contributed by atoms with Gasteiger partial charge in [-0.1, -0.05) is 212 Å². The molecule has 1 N–H and O–H groups in total. The van der Waals surface area contributed by atoms with Gasteiger partial charge in [0.1, 0.15) is 17.8 Å². The molecule has 1 atom stereocenters. The summed E-state index contributed by atoms with van der Waals surface area (Å²) < 4.78 is 59.8. The molecule has 9 heteroatoms. The number of rotatable bonds is 13. The summed E-state index contributed by atoms with van der Waals surface area (Å²) in [6.45, 7) is 2.72. The van der Waals surface area contributed by atoms with Gasteiger partial charge in [-0.3, -0.25) is 0 Å². The van der Waals surface area contributed by atoms with Gasteiger partial charge in [-0.15, -0.1) is 0 Å². The minimum Gasteiger partial charge on any atom is -0.453 e. The highest BCUT2D eigenvalue weighted by Crippen LogP contribution is 2.45. The van der Waals surface area contributed by atoms with Gasteiger partial charge in [0, 0.05) is 5.92 Å². The van der Waals surface area contributed by atoms with Gasteiger partial charge in [0.15, 0.2) is 6.04 Å². The second-order valence-corrected chi connectivity index (χ2v) is 16.9. The molecule has 2 aliphatic rings. The minimum absolute atomic E-state index is 0.0186. The van der Waals surface area contributed by atoms with Crippen molar-refractivity contribution in [3.8, 4) is 11.1 Å². The van der Waals surface area contributed by atoms with E-state index in [9.17, 15) is 22.8 Å². The number of carbonyl (C=O) groups excluding carboxylic acids is 2. The van der Waals surface area contributed by atoms with Crippen LogP contribution in [0.15, 0.2) is 225 Å². The molecule has 6 nitrogen and oxygen atoms in total. The summed E-state index contributed by atoms with van der Waals surface area (Å²) in [5.74, 6) is -1.14. The Balaban J connectivity index is 1.14. The van der Waals surface area contributed by atoms with Crippen LogP contribution in [-0.2, 0) is 36.4 Å². The number of amides is 1. The van der Waals surface area contributed by atoms with Gasteiger partial charge in [0.05, 0.1) is 12.2 Å². The van der Waals surface area contributed by atoms with Crippen LogP contribution in [-0.4, -0.2) is 31.3 Å². The van der Waals surface area contributed by atoms with Crippen LogP contribution in [0.5, 0.6) is 0 Å². The maximum Gasteiger partial charge on any atom is 0.416 e. The Hall–Kier alpha value is -7.75. The average Bonchev–Trinajstić information content (AvgIpc) is 3.67. The quantitative estimate of drug-likeness (QED) is 0.0923. The first-order valence-electron chi connectivity index (χ1n) is 22.4. The molecule has 0 saturated carbocycles. The third-order valence-corrected chi connectivity index (χ3v) is 12.1. The number of esters is 1. The lowest BCUT2D eigenvalue weighted by atomic mass is 9.79. The lowest BCUT2D eigenvalue weighted by Gasteiger charge is -2.37. The zero-order chi connectivity index (χ0) is 47.6. The van der Waals surface area contributed by atoms with Gasteiger partial charge in [-0.2, -0.15) is 13.2 Å². The second-order valence-electron chi connectivity index (χ2n) is 16.9. The highest BCUT2D eigenvalue weighted by atomic mass is 19.4. The Bertz CT molecular complexity index is 2810. The number of alkyl carbamates (subject to hydrolysis) is 1. The molecule has 1 amide bonds. The summed E-state index contributed by atoms with van der Waals surface area (Å²) in [7, 11) is 0. The van der Waals surface area contributed by atoms with Crippen LogP contribution >= 0.6 is 0 Å². The van der Waals surface area contributed by atoms with Gasteiger partial charge >= 0.3 is 18.2 Å². The molecule has 0 spiro atoms. The van der Waals surface area contributed by atoms with Crippen molar-refractivity contribution >= 4 is 17.6 Å². The van der Waals surface area contributed by atoms with Crippen molar-refractivity contribution in [2.24, 2.45) is 0 Å². The van der Waals surface area contributed by atoms with Gasteiger partial charge < -0.3 is 19.5 Å². The van der Waals surface area contributed by atoms with E-state index in [1.807, 2.05) is 200 Å². The number of benzene rings is 6. The molecule has 0 heterocycles. The first-order valence-corrected chi connectivity index (χ1v) is 22.4. The molecule has 6 aromatic rings. The molecule has 8 rings (SSSR count). The van der Waals surface area contributed by atoms with E-state index in [2.05, 4.69) is 5.32 Å². The van der Waals surface area contributed by atoms with Crippen molar-refractivity contribution < 1.29 is 37.0 Å². The summed E-state index contributed by atoms with van der Waals surface area (Å²) in [5.41, 5.74) is 4.98. The predicted molar refractivity (Wildman–Crippen MR) is 261 cm³/mol. The van der Waals surface area contributed by atoms with Crippen LogP contribution in [0.25, 0.3) is 16.7 Å². The zero-order valence-electron chi connectivity index (χ0n) is 37.6. The normalized spacial score (nSPS) is 17.3. The molecule has 6 aromatic carbocycles. The Morgan fingerprint density at radius 1 is 0.559 bits per heavy atom. The average molecular weight is 910 g/mol. The third kappa shape index (κ3) is 10.6. The summed E-state index contributed by atoms with van der Waals surface area (Å²) >= 11 is 0. The van der Waals surface area contributed by atoms with Crippen molar-refractivity contribution in [1.82, 2.24) is 5.32 Å². The highest BCUT2D eigenvalue weighted by molar-refractivity contribution is 5.83. The first kappa shape index (κ1) is 46.8. The van der Waals surface area contributed by atoms with Crippen LogP contribution in [0.2, 0.25) is 0 Å². The molecular weight excluding hydrogens is 860 g/mol. The molecular formula is C59H50F3NO5. The topological polar surface area (TPSA) is 73.9 Å². The van der Waals surface area contributed by atoms with E-state index < -0.39 is 47.7 Å². The Kier molecular flexibility index (Phi) is 14.3. The van der Waals surface area contributed by atoms with Gasteiger partial charge in [-0.05, 0) is 81.6 Å². The number of alkyl halides is 3. The molecule has 68 heavy (non-hydrogen) atoms. The smallest absolute Gasteiger partial charge is 0.416 e. The Morgan fingerprint density at radius 3 is 1.59 bits per heavy atom. The first-order chi connectivity index (χ1) is 32.9. The monoisotopic (exact) mass is 909 g/mol. The van der Waals surface area contributed by atoms with E-state index in [1.54, 1.807) is 13.8 Å². The molecule has 0 radical (unpaired) electrons. The van der Waals surface area contributed by atoms with E-state index >= 15 is 0 Å². The number of allylic oxidation sites excluding steroid dienone is 12. The van der Waals surface area contributed by atoms with Crippen molar-refractivity contribution in [3.63, 3.8) is 0 Å². The van der Waals surface area contributed by atoms with Crippen molar-refractivity contribution in [2.45, 2.75) is 43.2 Å². The van der Waals surface area contributed by atoms with E-state index in [-0.39, 0.29) is 12.5 Å². The lowest BCUT2D eigenvalue weighted by Crippen LogP contribution is -2.49. The van der Waals surface area contributed by atoms with Gasteiger partial charge in [0.25, 0.3) is 0 Å². The summed E-state index contributed by atoms with van der Waals surface area (Å²) in [4.78, 5) is 28.6. The fourth-order valence-electron chi connectivity index (χ4n) is 8.61. The van der Waals surface area contributed by atoms with Gasteiger partial charge in [-0.25, -0.2) is 9.59 Å². The number of hydrogen-bond acceptors (Lipinski definition) is 5. The molecule has 0 saturated heterocycles. The fourth-order valence-corrected chi connectivity index (χ4v) is 8.61. The lowest BCUT2D eigenvalue weighted by molar-refractivity contribution is -0.163. The van der Waals surface area contributed by atoms with E-state index in [0.717, 1.165) is 62.2 Å². The van der Waals surface area contributed by atoms with E-state index in [0.29, 0.717) is 5.56 Å². The van der Waals surface area contributed by atoms with Crippen LogP contribution in [0, 0.1) is 0 Å². The van der Waals surface area contributed by atoms with E-state index in [4.69, 9.17) is 14.2 Å². The van der Waals surface area contributed by atoms with Crippen LogP contribution in [0.3, 0.4) is 0 Å². The molecule has 0 fully saturated rings. The van der Waals surface area contributed by atoms with E-state index in [1.165, 1.54) is 12.1 Å². The zero-order valence-corrected chi connectivity index (χ0v) is 37.6. The summed E-state index contributed by atoms with van der Waals surface area (Å²) in [5, 5.41) is 2.75. The molecule has 2 aliphatic carbocycles. The molecule has 0 aromatic heterocycles. The number of halogens is 3. The summed E-state index contributed by atoms with van der Waals surface area (Å²) in [6.07, 6.45) is 16.3. The Labute approximate surface area is 395 Å². The molecule has 0 unspecified atom stereocenters. The number of fused-ring (bicyclic) bond motifs is 3.